The first-order chi connectivity index (χ1) is 53.2. The molecule has 5 nitrogen and oxygen atoms in total. The quantitative estimate of drug-likeness (QED) is 0.107. The molecule has 0 amide bonds. The maximum absolute atomic E-state index is 7.89. The molecule has 11 aliphatic rings. The molecule has 0 N–H and O–H groups in total. The first kappa shape index (κ1) is 68.2. The van der Waals surface area contributed by atoms with E-state index in [2.05, 4.69) is 349 Å². The van der Waals surface area contributed by atoms with Crippen LogP contribution >= 0.6 is 11.8 Å². The number of fused-ring (bicyclic) bond motifs is 8. The Morgan fingerprint density at radius 2 is 1.16 bits per heavy atom. The van der Waals surface area contributed by atoms with E-state index in [1.54, 1.807) is 5.47 Å². The zero-order valence-electron chi connectivity index (χ0n) is 63.2. The van der Waals surface area contributed by atoms with Crippen molar-refractivity contribution in [3.63, 3.8) is 0 Å². The highest BCUT2D eigenvalue weighted by molar-refractivity contribution is 8.01. The average molecular weight is 1430 g/mol. The number of benzene rings is 9. The Morgan fingerprint density at radius 3 is 1.93 bits per heavy atom. The van der Waals surface area contributed by atoms with E-state index in [1.165, 1.54) is 142 Å². The maximum Gasteiger partial charge on any atom is 0.225 e. The third-order valence-corrected chi connectivity index (χ3v) is 29.6. The third kappa shape index (κ3) is 12.4. The lowest BCUT2D eigenvalue weighted by atomic mass is 9.22. The van der Waals surface area contributed by atoms with Crippen molar-refractivity contribution in [2.75, 3.05) is 14.7 Å². The molecule has 4 saturated carbocycles. The van der Waals surface area contributed by atoms with Crippen LogP contribution in [0.1, 0.15) is 139 Å². The van der Waals surface area contributed by atoms with E-state index in [9.17, 15) is 0 Å². The monoisotopic (exact) mass is 1430 g/mol. The Balaban J connectivity index is 0.751. The van der Waals surface area contributed by atoms with Crippen molar-refractivity contribution in [2.24, 2.45) is 11.8 Å². The van der Waals surface area contributed by atoms with Crippen LogP contribution in [0.3, 0.4) is 0 Å². The molecule has 9 aromatic rings. The van der Waals surface area contributed by atoms with E-state index in [0.29, 0.717) is 29.7 Å². The van der Waals surface area contributed by atoms with Crippen LogP contribution in [0, 0.1) is 11.8 Å². The number of rotatable bonds is 13. The van der Waals surface area contributed by atoms with Crippen molar-refractivity contribution in [1.29, 1.82) is 0 Å². The van der Waals surface area contributed by atoms with Crippen LogP contribution < -0.4 is 30.4 Å². The fraction of sp³-hybridized carbons (Fsp3) is 0.340. The van der Waals surface area contributed by atoms with E-state index in [-0.39, 0.29) is 71.2 Å². The minimum Gasteiger partial charge on any atom is -0.491 e. The molecular formula is C100H102B2N4OS. The van der Waals surface area contributed by atoms with Crippen molar-refractivity contribution in [3.05, 3.63) is 325 Å². The number of nitrogens with zero attached hydrogens (tertiary/aromatic N) is 4. The van der Waals surface area contributed by atoms with Gasteiger partial charge in [0.05, 0.1) is 12.1 Å². The summed E-state index contributed by atoms with van der Waals surface area (Å²) in [6.07, 6.45) is 42.5. The standard InChI is InChI=1S/C100H102B2N4OS/c1-100(2,3)76-53-47-73(48-54-76)84-41-19-22-44-89(84)106-91-66-96-88(65-87(91)102-86-43-21-24-46-94(86)107-95-63-82(61-92(106)98(95)102)103(78-55-49-71(50-56-78)67-27-9-4-10-28-67)80-39-25-35-74(59-80)69-31-13-6-14-32-69)101-85-42-20-23-45-90(85)105(77-37-17-8-18-38-77)93-62-83(64-97(108-96)99(93)101)104(79-57-51-72(52-58-79)68-29-11-5-12-30-68)81-40-26-36-75(60-81)70-33-15-7-16-34-70/h4-5,7-12,15-24,26-29,33-34,36-38,40-58,60,65-66,68-69,74,80,82-84,88-89,92-93,95-99H,6,13-14,25,30-32,35,39,59,61-64H2,1-3H3. The van der Waals surface area contributed by atoms with Crippen LogP contribution in [0.5, 0.6) is 5.75 Å². The molecule has 15 atom stereocenters. The Hall–Kier alpha value is -9.10. The van der Waals surface area contributed by atoms with Crippen LogP contribution in [0.2, 0.25) is 17.5 Å². The van der Waals surface area contributed by atoms with Gasteiger partial charge >= 0.3 is 0 Å². The van der Waals surface area contributed by atoms with Gasteiger partial charge in [0.2, 0.25) is 6.71 Å². The molecule has 0 radical (unpaired) electrons. The first-order valence-electron chi connectivity index (χ1n) is 41.5. The summed E-state index contributed by atoms with van der Waals surface area (Å²) >= 11 is 2.36. The van der Waals surface area contributed by atoms with Crippen LogP contribution in [0.25, 0.3) is 22.3 Å². The molecule has 0 aromatic heterocycles. The van der Waals surface area contributed by atoms with Gasteiger partial charge in [0.1, 0.15) is 5.75 Å². The third-order valence-electron chi connectivity index (χ3n) is 28.0. The second-order valence-corrected chi connectivity index (χ2v) is 36.2. The number of ether oxygens (including phenoxy) is 1. The number of allylic oxidation sites excluding steroid dienone is 8. The number of hydrogen-bond acceptors (Lipinski definition) is 6. The van der Waals surface area contributed by atoms with Gasteiger partial charge in [-0.15, -0.1) is 0 Å². The Bertz CT molecular complexity index is 4920. The van der Waals surface area contributed by atoms with E-state index in [0.717, 1.165) is 49.7 Å². The molecule has 20 rings (SSSR count). The van der Waals surface area contributed by atoms with E-state index >= 15 is 0 Å². The molecule has 4 aliphatic heterocycles. The van der Waals surface area contributed by atoms with Crippen molar-refractivity contribution in [3.8, 4) is 28.0 Å². The molecule has 4 heterocycles. The van der Waals surface area contributed by atoms with Gasteiger partial charge < -0.3 is 24.3 Å². The molecule has 540 valence electrons. The van der Waals surface area contributed by atoms with Crippen LogP contribution in [-0.2, 0) is 5.41 Å². The number of para-hydroxylation sites is 3. The smallest absolute Gasteiger partial charge is 0.225 e. The van der Waals surface area contributed by atoms with E-state index in [4.69, 9.17) is 4.74 Å². The van der Waals surface area contributed by atoms with Gasteiger partial charge in [-0.05, 0) is 179 Å². The van der Waals surface area contributed by atoms with Gasteiger partial charge in [0.25, 0.3) is 0 Å². The summed E-state index contributed by atoms with van der Waals surface area (Å²) in [6.45, 7) is 7.55. The normalized spacial score (nSPS) is 28.7. The highest BCUT2D eigenvalue weighted by atomic mass is 32.2. The van der Waals surface area contributed by atoms with Crippen LogP contribution in [0.15, 0.2) is 309 Å². The van der Waals surface area contributed by atoms with Crippen LogP contribution in [-0.4, -0.2) is 71.2 Å². The van der Waals surface area contributed by atoms with E-state index in [1.807, 2.05) is 0 Å². The highest BCUT2D eigenvalue weighted by Gasteiger charge is 2.63. The lowest BCUT2D eigenvalue weighted by Crippen LogP contribution is -2.69. The zero-order chi connectivity index (χ0) is 72.0. The fourth-order valence-electron chi connectivity index (χ4n) is 23.2. The maximum atomic E-state index is 7.89. The molecular weight excluding hydrogens is 1330 g/mol. The summed E-state index contributed by atoms with van der Waals surface area (Å²) in [4.78, 5) is 11.8. The summed E-state index contributed by atoms with van der Waals surface area (Å²) in [7, 11) is 0. The summed E-state index contributed by atoms with van der Waals surface area (Å²) in [5, 5.41) is 0.580. The number of thioether (sulfide) groups is 1. The molecule has 7 aliphatic carbocycles. The fourth-order valence-corrected chi connectivity index (χ4v) is 25.1. The van der Waals surface area contributed by atoms with Crippen molar-refractivity contribution < 1.29 is 4.74 Å². The highest BCUT2D eigenvalue weighted by Crippen LogP contribution is 2.63. The van der Waals surface area contributed by atoms with Crippen molar-refractivity contribution in [1.82, 2.24) is 4.90 Å². The second kappa shape index (κ2) is 28.7. The summed E-state index contributed by atoms with van der Waals surface area (Å²) < 4.78 is 7.89. The Kier molecular flexibility index (Phi) is 18.1. The molecule has 2 saturated heterocycles. The molecule has 0 bridgehead atoms. The molecule has 108 heavy (non-hydrogen) atoms. The van der Waals surface area contributed by atoms with Gasteiger partial charge in [-0.3, -0.25) is 0 Å². The molecule has 0 spiro atoms. The van der Waals surface area contributed by atoms with Gasteiger partial charge in [-0.2, -0.15) is 11.8 Å². The predicted octanol–water partition coefficient (Wildman–Crippen LogP) is 23.0. The number of hydrogen-bond donors (Lipinski definition) is 0. The lowest BCUT2D eigenvalue weighted by Gasteiger charge is -2.62. The Labute approximate surface area is 647 Å². The van der Waals surface area contributed by atoms with Crippen molar-refractivity contribution >= 4 is 64.5 Å². The average Bonchev–Trinajstić information content (AvgIpc) is 0.692. The molecule has 8 heteroatoms. The SMILES string of the molecule is CC(C)(C)c1ccc(C2C=CC=CC2N2C3=CC4SC5CC(N(c6ccc(C7C=CC=CC7)cc6)c6cccc(-c7ccccc7)c6)CC6C5B(c5ccccc5N6c5ccccc5)C4C=C3B3c4ccccc4OC4CC(N(c5ccc(-c6ccccc6)cc5)C5CCCC(C6CCCCC6)C5)CC2C34)cc1. The lowest BCUT2D eigenvalue weighted by molar-refractivity contribution is 0.0565. The minimum absolute atomic E-state index is 0.0150. The Morgan fingerprint density at radius 1 is 0.491 bits per heavy atom. The number of anilines is 5. The topological polar surface area (TPSA) is 22.2 Å². The zero-order valence-corrected chi connectivity index (χ0v) is 64.0. The van der Waals surface area contributed by atoms with Gasteiger partial charge in [0.15, 0.2) is 6.71 Å². The summed E-state index contributed by atoms with van der Waals surface area (Å²) in [6, 6.07) is 93.3. The van der Waals surface area contributed by atoms with Gasteiger partial charge in [-0.25, -0.2) is 0 Å². The minimum atomic E-state index is 0.0150. The van der Waals surface area contributed by atoms with E-state index < -0.39 is 0 Å². The molecule has 15 unspecified atom stereocenters. The van der Waals surface area contributed by atoms with Crippen LogP contribution in [0.4, 0.5) is 28.4 Å². The van der Waals surface area contributed by atoms with Gasteiger partial charge in [-0.1, -0.05) is 307 Å². The summed E-state index contributed by atoms with van der Waals surface area (Å²) in [5.41, 5.74) is 21.8. The molecule has 6 fully saturated rings. The first-order valence-corrected chi connectivity index (χ1v) is 42.5. The molecule has 9 aromatic carbocycles. The second-order valence-electron chi connectivity index (χ2n) is 34.8. The largest absolute Gasteiger partial charge is 0.491 e. The van der Waals surface area contributed by atoms with Gasteiger partial charge in [0, 0.05) is 98.9 Å². The van der Waals surface area contributed by atoms with Crippen molar-refractivity contribution in [2.45, 2.75) is 198 Å². The summed E-state index contributed by atoms with van der Waals surface area (Å²) in [5.74, 6) is 4.13. The predicted molar refractivity (Wildman–Crippen MR) is 457 cm³/mol.